The summed E-state index contributed by atoms with van der Waals surface area (Å²) in [6.45, 7) is 1.96. The molecule has 0 aliphatic carbocycles. The lowest BCUT2D eigenvalue weighted by Crippen LogP contribution is -2.12. The van der Waals surface area contributed by atoms with E-state index in [0.29, 0.717) is 16.3 Å². The molecule has 0 radical (unpaired) electrons. The number of aryl methyl sites for hydroxylation is 1. The molecule has 30 heavy (non-hydrogen) atoms. The first-order chi connectivity index (χ1) is 14.5. The highest BCUT2D eigenvalue weighted by molar-refractivity contribution is 7.99. The van der Waals surface area contributed by atoms with Crippen molar-refractivity contribution in [3.8, 4) is 23.3 Å². The predicted molar refractivity (Wildman–Crippen MR) is 119 cm³/mol. The maximum absolute atomic E-state index is 12.2. The molecule has 3 rings (SSSR count). The van der Waals surface area contributed by atoms with Crippen molar-refractivity contribution in [2.45, 2.75) is 18.4 Å². The Labute approximate surface area is 179 Å². The van der Waals surface area contributed by atoms with Crippen LogP contribution in [0.3, 0.4) is 0 Å². The van der Waals surface area contributed by atoms with Crippen molar-refractivity contribution >= 4 is 29.2 Å². The fourth-order valence-corrected chi connectivity index (χ4v) is 3.83. The second-order valence-electron chi connectivity index (χ2n) is 6.53. The number of carbonyl (C=O) groups excluding carboxylic acids is 1. The van der Waals surface area contributed by atoms with Crippen LogP contribution in [0.5, 0.6) is 0 Å². The van der Waals surface area contributed by atoms with E-state index in [2.05, 4.69) is 22.4 Å². The van der Waals surface area contributed by atoms with E-state index in [9.17, 15) is 15.3 Å². The van der Waals surface area contributed by atoms with Crippen LogP contribution in [-0.2, 0) is 4.79 Å². The number of nitriles is 2. The van der Waals surface area contributed by atoms with Gasteiger partial charge in [-0.05, 0) is 24.6 Å². The van der Waals surface area contributed by atoms with E-state index in [-0.39, 0.29) is 29.3 Å². The zero-order valence-corrected chi connectivity index (χ0v) is 17.2. The first-order valence-corrected chi connectivity index (χ1v) is 10.2. The van der Waals surface area contributed by atoms with E-state index >= 15 is 0 Å². The van der Waals surface area contributed by atoms with Crippen LogP contribution in [0.4, 0.5) is 11.5 Å². The summed E-state index contributed by atoms with van der Waals surface area (Å²) in [6, 6.07) is 21.0. The van der Waals surface area contributed by atoms with E-state index in [1.165, 1.54) is 11.8 Å². The molecule has 2 aromatic carbocycles. The number of nitrogens with one attached hydrogen (secondary N) is 1. The summed E-state index contributed by atoms with van der Waals surface area (Å²) in [5, 5.41) is 22.6. The third-order valence-electron chi connectivity index (χ3n) is 4.38. The van der Waals surface area contributed by atoms with Gasteiger partial charge < -0.3 is 11.1 Å². The van der Waals surface area contributed by atoms with Crippen molar-refractivity contribution in [3.05, 3.63) is 71.3 Å². The van der Waals surface area contributed by atoms with Crippen LogP contribution in [0.25, 0.3) is 11.1 Å². The van der Waals surface area contributed by atoms with Crippen molar-refractivity contribution in [1.82, 2.24) is 4.98 Å². The van der Waals surface area contributed by atoms with Gasteiger partial charge in [-0.15, -0.1) is 11.8 Å². The number of aromatic nitrogens is 1. The monoisotopic (exact) mass is 413 g/mol. The molecule has 6 nitrogen and oxygen atoms in total. The lowest BCUT2D eigenvalue weighted by Gasteiger charge is -2.13. The minimum atomic E-state index is -0.132. The van der Waals surface area contributed by atoms with Crippen molar-refractivity contribution in [1.29, 1.82) is 10.5 Å². The molecule has 7 heteroatoms. The van der Waals surface area contributed by atoms with Gasteiger partial charge in [-0.25, -0.2) is 4.98 Å². The van der Waals surface area contributed by atoms with Gasteiger partial charge in [0.05, 0.1) is 5.56 Å². The largest absolute Gasteiger partial charge is 0.383 e. The summed E-state index contributed by atoms with van der Waals surface area (Å²) in [6.07, 6.45) is 0.242. The zero-order chi connectivity index (χ0) is 21.5. The number of amides is 1. The maximum Gasteiger partial charge on any atom is 0.225 e. The van der Waals surface area contributed by atoms with Gasteiger partial charge in [-0.2, -0.15) is 10.5 Å². The number of nitrogens with zero attached hydrogens (tertiary/aromatic N) is 3. The SMILES string of the molecule is Cc1ccc(-c2c(C#N)c(N)nc(SCCC(=O)Nc3ccccc3)c2C#N)cc1. The van der Waals surface area contributed by atoms with Crippen LogP contribution in [0.2, 0.25) is 0 Å². The second kappa shape index (κ2) is 9.60. The number of anilines is 2. The molecule has 1 heterocycles. The lowest BCUT2D eigenvalue weighted by atomic mass is 9.96. The average Bonchev–Trinajstić information content (AvgIpc) is 2.74. The molecule has 0 fully saturated rings. The van der Waals surface area contributed by atoms with Gasteiger partial charge >= 0.3 is 0 Å². The molecule has 0 spiro atoms. The van der Waals surface area contributed by atoms with Gasteiger partial charge in [0.15, 0.2) is 0 Å². The summed E-state index contributed by atoms with van der Waals surface area (Å²) < 4.78 is 0. The molecule has 1 aromatic heterocycles. The van der Waals surface area contributed by atoms with Gasteiger partial charge in [0.2, 0.25) is 5.91 Å². The first kappa shape index (κ1) is 20.9. The van der Waals surface area contributed by atoms with E-state index < -0.39 is 0 Å². The fraction of sp³-hybridized carbons (Fsp3) is 0.130. The Balaban J connectivity index is 1.83. The van der Waals surface area contributed by atoms with Crippen molar-refractivity contribution < 1.29 is 4.79 Å². The van der Waals surface area contributed by atoms with Gasteiger partial charge in [-0.1, -0.05) is 48.0 Å². The van der Waals surface area contributed by atoms with Crippen LogP contribution in [0, 0.1) is 29.6 Å². The fourth-order valence-electron chi connectivity index (χ4n) is 2.90. The van der Waals surface area contributed by atoms with Crippen LogP contribution in [0.15, 0.2) is 59.6 Å². The van der Waals surface area contributed by atoms with Crippen molar-refractivity contribution in [2.75, 3.05) is 16.8 Å². The van der Waals surface area contributed by atoms with Gasteiger partial charge in [-0.3, -0.25) is 4.79 Å². The Hall–Kier alpha value is -3.81. The molecule has 0 aliphatic heterocycles. The van der Waals surface area contributed by atoms with E-state index in [1.54, 1.807) is 0 Å². The molecule has 0 aliphatic rings. The Morgan fingerprint density at radius 3 is 2.37 bits per heavy atom. The number of rotatable bonds is 6. The smallest absolute Gasteiger partial charge is 0.225 e. The van der Waals surface area contributed by atoms with Crippen molar-refractivity contribution in [3.63, 3.8) is 0 Å². The number of carbonyl (C=O) groups is 1. The van der Waals surface area contributed by atoms with E-state index in [0.717, 1.165) is 16.8 Å². The predicted octanol–water partition coefficient (Wildman–Crippen LogP) is 4.50. The molecule has 0 bridgehead atoms. The standard InChI is InChI=1S/C23H19N5OS/c1-15-7-9-16(10-8-15)21-18(13-24)22(26)28-23(19(21)14-25)30-12-11-20(29)27-17-5-3-2-4-6-17/h2-10H,11-12H2,1H3,(H2,26,28)(H,27,29). The molecule has 0 unspecified atom stereocenters. The van der Waals surface area contributed by atoms with E-state index in [1.807, 2.05) is 61.5 Å². The summed E-state index contributed by atoms with van der Waals surface area (Å²) in [4.78, 5) is 16.4. The van der Waals surface area contributed by atoms with Gasteiger partial charge in [0.25, 0.3) is 0 Å². The highest BCUT2D eigenvalue weighted by Gasteiger charge is 2.20. The number of pyridine rings is 1. The van der Waals surface area contributed by atoms with Crippen molar-refractivity contribution in [2.24, 2.45) is 0 Å². The Morgan fingerprint density at radius 1 is 1.07 bits per heavy atom. The number of thioether (sulfide) groups is 1. The Kier molecular flexibility index (Phi) is 6.69. The van der Waals surface area contributed by atoms with Crippen LogP contribution in [0.1, 0.15) is 23.1 Å². The topological polar surface area (TPSA) is 116 Å². The van der Waals surface area contributed by atoms with Crippen LogP contribution >= 0.6 is 11.8 Å². The molecule has 0 saturated heterocycles. The molecule has 0 saturated carbocycles. The molecular weight excluding hydrogens is 394 g/mol. The molecule has 3 N–H and O–H groups in total. The lowest BCUT2D eigenvalue weighted by molar-refractivity contribution is -0.115. The summed E-state index contributed by atoms with van der Waals surface area (Å²) in [5.41, 5.74) is 9.49. The number of benzene rings is 2. The summed E-state index contributed by atoms with van der Waals surface area (Å²) >= 11 is 1.27. The van der Waals surface area contributed by atoms with Gasteiger partial charge in [0.1, 0.15) is 28.5 Å². The molecule has 1 amide bonds. The third kappa shape index (κ3) is 4.78. The van der Waals surface area contributed by atoms with Gasteiger partial charge in [0, 0.05) is 23.4 Å². The minimum absolute atomic E-state index is 0.0725. The van der Waals surface area contributed by atoms with Crippen LogP contribution in [-0.4, -0.2) is 16.6 Å². The quantitative estimate of drug-likeness (QED) is 0.575. The number of nitrogens with two attached hydrogens (primary N) is 1. The third-order valence-corrected chi connectivity index (χ3v) is 5.36. The summed E-state index contributed by atoms with van der Waals surface area (Å²) in [5.74, 6) is 0.356. The average molecular weight is 414 g/mol. The number of nitrogen functional groups attached to an aromatic ring is 1. The highest BCUT2D eigenvalue weighted by atomic mass is 32.2. The van der Waals surface area contributed by atoms with Crippen LogP contribution < -0.4 is 11.1 Å². The molecule has 3 aromatic rings. The Bertz CT molecular complexity index is 1150. The molecular formula is C23H19N5OS. The first-order valence-electron chi connectivity index (χ1n) is 9.22. The number of para-hydroxylation sites is 1. The second-order valence-corrected chi connectivity index (χ2v) is 7.61. The molecule has 0 atom stereocenters. The molecule has 148 valence electrons. The maximum atomic E-state index is 12.2. The van der Waals surface area contributed by atoms with E-state index in [4.69, 9.17) is 5.73 Å². The number of hydrogen-bond donors (Lipinski definition) is 2. The minimum Gasteiger partial charge on any atom is -0.383 e. The highest BCUT2D eigenvalue weighted by Crippen LogP contribution is 2.35. The normalized spacial score (nSPS) is 10.1. The number of hydrogen-bond acceptors (Lipinski definition) is 6. The summed E-state index contributed by atoms with van der Waals surface area (Å²) in [7, 11) is 0. The Morgan fingerprint density at radius 2 is 1.73 bits per heavy atom. The zero-order valence-electron chi connectivity index (χ0n) is 16.3.